The van der Waals surface area contributed by atoms with Crippen molar-refractivity contribution < 1.29 is 0 Å². The highest BCUT2D eigenvalue weighted by Gasteiger charge is 1.99. The topological polar surface area (TPSA) is 37.0 Å². The predicted octanol–water partition coefficient (Wildman–Crippen LogP) is 1.66. The molecule has 0 fully saturated rings. The van der Waals surface area contributed by atoms with Crippen LogP contribution in [0.2, 0.25) is 0 Å². The van der Waals surface area contributed by atoms with Gasteiger partial charge in [-0.25, -0.2) is 4.98 Å². The van der Waals surface area contributed by atoms with Crippen LogP contribution >= 0.6 is 11.3 Å². The van der Waals surface area contributed by atoms with E-state index in [1.54, 1.807) is 11.3 Å². The van der Waals surface area contributed by atoms with Crippen LogP contribution in [0, 0.1) is 0 Å². The number of hydrogen-bond donors (Lipinski definition) is 2. The van der Waals surface area contributed by atoms with E-state index in [1.807, 2.05) is 11.6 Å². The lowest BCUT2D eigenvalue weighted by atomic mass is 10.2. The molecular weight excluding hydrogens is 206 g/mol. The van der Waals surface area contributed by atoms with Gasteiger partial charge in [-0.05, 0) is 26.4 Å². The van der Waals surface area contributed by atoms with E-state index in [4.69, 9.17) is 0 Å². The van der Waals surface area contributed by atoms with Gasteiger partial charge in [0.25, 0.3) is 0 Å². The number of rotatable bonds is 8. The lowest BCUT2D eigenvalue weighted by Gasteiger charge is -2.12. The van der Waals surface area contributed by atoms with Crippen molar-refractivity contribution >= 4 is 11.3 Å². The van der Waals surface area contributed by atoms with Crippen molar-refractivity contribution in [3.05, 3.63) is 16.6 Å². The Morgan fingerprint density at radius 1 is 1.47 bits per heavy atom. The summed E-state index contributed by atoms with van der Waals surface area (Å²) in [4.78, 5) is 4.24. The van der Waals surface area contributed by atoms with Crippen molar-refractivity contribution in [2.45, 2.75) is 32.7 Å². The van der Waals surface area contributed by atoms with E-state index in [0.717, 1.165) is 26.1 Å². The van der Waals surface area contributed by atoms with E-state index in [-0.39, 0.29) is 0 Å². The molecule has 3 nitrogen and oxygen atoms in total. The third kappa shape index (κ3) is 5.87. The molecule has 0 aliphatic carbocycles. The summed E-state index contributed by atoms with van der Waals surface area (Å²) >= 11 is 1.73. The van der Waals surface area contributed by atoms with Gasteiger partial charge < -0.3 is 10.6 Å². The number of nitrogens with one attached hydrogen (secondary N) is 2. The van der Waals surface area contributed by atoms with Gasteiger partial charge in [0.15, 0.2) is 0 Å². The first-order valence-electron chi connectivity index (χ1n) is 5.65. The molecule has 86 valence electrons. The van der Waals surface area contributed by atoms with Crippen molar-refractivity contribution in [3.8, 4) is 0 Å². The molecule has 1 atom stereocenters. The molecular formula is C11H21N3S. The Hall–Kier alpha value is -0.450. The zero-order chi connectivity index (χ0) is 10.9. The first kappa shape index (κ1) is 12.6. The van der Waals surface area contributed by atoms with Crippen molar-refractivity contribution in [2.24, 2.45) is 0 Å². The Kier molecular flexibility index (Phi) is 6.55. The summed E-state index contributed by atoms with van der Waals surface area (Å²) in [7, 11) is 0. The summed E-state index contributed by atoms with van der Waals surface area (Å²) in [5.74, 6) is 0. The fourth-order valence-electron chi connectivity index (χ4n) is 1.47. The number of aromatic nitrogens is 1. The van der Waals surface area contributed by atoms with Crippen LogP contribution in [0.3, 0.4) is 0 Å². The van der Waals surface area contributed by atoms with Crippen molar-refractivity contribution in [1.29, 1.82) is 0 Å². The highest BCUT2D eigenvalue weighted by molar-refractivity contribution is 7.09. The molecule has 15 heavy (non-hydrogen) atoms. The van der Waals surface area contributed by atoms with Gasteiger partial charge in [-0.3, -0.25) is 0 Å². The molecule has 1 aromatic heterocycles. The average molecular weight is 227 g/mol. The van der Waals surface area contributed by atoms with Crippen LogP contribution in [0.15, 0.2) is 11.6 Å². The van der Waals surface area contributed by atoms with Gasteiger partial charge in [0.05, 0.1) is 5.01 Å². The van der Waals surface area contributed by atoms with Crippen LogP contribution in [-0.2, 0) is 6.42 Å². The molecule has 1 heterocycles. The Bertz CT molecular complexity index is 236. The summed E-state index contributed by atoms with van der Waals surface area (Å²) in [5.41, 5.74) is 0. The maximum Gasteiger partial charge on any atom is 0.0937 e. The molecule has 0 aromatic carbocycles. The summed E-state index contributed by atoms with van der Waals surface area (Å²) in [6.07, 6.45) is 4.10. The largest absolute Gasteiger partial charge is 0.316 e. The minimum absolute atomic E-state index is 0.613. The van der Waals surface area contributed by atoms with E-state index >= 15 is 0 Å². The Morgan fingerprint density at radius 3 is 3.00 bits per heavy atom. The van der Waals surface area contributed by atoms with Crippen LogP contribution in [-0.4, -0.2) is 30.7 Å². The lowest BCUT2D eigenvalue weighted by Crippen LogP contribution is -2.30. The molecule has 0 radical (unpaired) electrons. The second kappa shape index (κ2) is 7.79. The summed E-state index contributed by atoms with van der Waals surface area (Å²) in [5, 5.41) is 10.1. The van der Waals surface area contributed by atoms with Crippen LogP contribution in [0.25, 0.3) is 0 Å². The van der Waals surface area contributed by atoms with E-state index in [0.29, 0.717) is 6.04 Å². The van der Waals surface area contributed by atoms with Gasteiger partial charge in [0.2, 0.25) is 0 Å². The number of thiazole rings is 1. The second-order valence-electron chi connectivity index (χ2n) is 3.67. The van der Waals surface area contributed by atoms with Gasteiger partial charge in [-0.15, -0.1) is 11.3 Å². The van der Waals surface area contributed by atoms with Crippen molar-refractivity contribution in [1.82, 2.24) is 15.6 Å². The number of hydrogen-bond acceptors (Lipinski definition) is 4. The Morgan fingerprint density at radius 2 is 2.33 bits per heavy atom. The maximum atomic E-state index is 4.24. The molecule has 0 spiro atoms. The highest BCUT2D eigenvalue weighted by Crippen LogP contribution is 2.03. The third-order valence-electron chi connectivity index (χ3n) is 2.31. The van der Waals surface area contributed by atoms with Gasteiger partial charge in [0.1, 0.15) is 0 Å². The second-order valence-corrected chi connectivity index (χ2v) is 4.65. The summed E-state index contributed by atoms with van der Waals surface area (Å²) in [6.45, 7) is 7.55. The monoisotopic (exact) mass is 227 g/mol. The van der Waals surface area contributed by atoms with E-state index in [9.17, 15) is 0 Å². The summed E-state index contributed by atoms with van der Waals surface area (Å²) in [6, 6.07) is 0.613. The highest BCUT2D eigenvalue weighted by atomic mass is 32.1. The Labute approximate surface area is 96.3 Å². The smallest absolute Gasteiger partial charge is 0.0937 e. The van der Waals surface area contributed by atoms with E-state index < -0.39 is 0 Å². The number of nitrogens with zero attached hydrogens (tertiary/aromatic N) is 1. The molecule has 1 unspecified atom stereocenters. The zero-order valence-corrected chi connectivity index (χ0v) is 10.4. The van der Waals surface area contributed by atoms with Crippen LogP contribution in [0.4, 0.5) is 0 Å². The predicted molar refractivity (Wildman–Crippen MR) is 66.4 cm³/mol. The third-order valence-corrected chi connectivity index (χ3v) is 3.15. The first-order chi connectivity index (χ1) is 7.33. The maximum absolute atomic E-state index is 4.24. The van der Waals surface area contributed by atoms with Crippen molar-refractivity contribution in [2.75, 3.05) is 19.6 Å². The van der Waals surface area contributed by atoms with Crippen LogP contribution < -0.4 is 10.6 Å². The molecule has 0 bridgehead atoms. The lowest BCUT2D eigenvalue weighted by molar-refractivity contribution is 0.505. The first-order valence-corrected chi connectivity index (χ1v) is 6.53. The molecule has 1 rings (SSSR count). The Balaban J connectivity index is 1.93. The standard InChI is InChI=1S/C11H21N3S/c1-3-13-10(2)4-6-12-7-5-11-14-8-9-15-11/h8-10,12-13H,3-7H2,1-2H3. The van der Waals surface area contributed by atoms with Crippen LogP contribution in [0.5, 0.6) is 0 Å². The molecule has 0 amide bonds. The molecule has 4 heteroatoms. The van der Waals surface area contributed by atoms with E-state index in [1.165, 1.54) is 11.4 Å². The molecule has 0 aliphatic heterocycles. The fourth-order valence-corrected chi connectivity index (χ4v) is 2.09. The minimum atomic E-state index is 0.613. The molecule has 0 saturated carbocycles. The zero-order valence-electron chi connectivity index (χ0n) is 9.62. The van der Waals surface area contributed by atoms with Crippen molar-refractivity contribution in [3.63, 3.8) is 0 Å². The van der Waals surface area contributed by atoms with E-state index in [2.05, 4.69) is 29.5 Å². The summed E-state index contributed by atoms with van der Waals surface area (Å²) < 4.78 is 0. The molecule has 1 aromatic rings. The van der Waals surface area contributed by atoms with Gasteiger partial charge in [-0.1, -0.05) is 6.92 Å². The molecule has 0 aliphatic rings. The van der Waals surface area contributed by atoms with Gasteiger partial charge in [0, 0.05) is 30.6 Å². The minimum Gasteiger partial charge on any atom is -0.316 e. The normalized spacial score (nSPS) is 12.9. The molecule has 2 N–H and O–H groups in total. The van der Waals surface area contributed by atoms with Crippen LogP contribution in [0.1, 0.15) is 25.3 Å². The quantitative estimate of drug-likeness (QED) is 0.663. The van der Waals surface area contributed by atoms with Gasteiger partial charge in [-0.2, -0.15) is 0 Å². The fraction of sp³-hybridized carbons (Fsp3) is 0.727. The average Bonchev–Trinajstić information content (AvgIpc) is 2.70. The molecule has 0 saturated heterocycles. The SMILES string of the molecule is CCNC(C)CCNCCc1nccs1. The van der Waals surface area contributed by atoms with Gasteiger partial charge >= 0.3 is 0 Å².